The third kappa shape index (κ3) is 2.47. The molecule has 0 radical (unpaired) electrons. The fraction of sp³-hybridized carbons (Fsp3) is 0.400. The molecule has 2 N–H and O–H groups in total. The van der Waals surface area contributed by atoms with Gasteiger partial charge < -0.3 is 5.73 Å². The van der Waals surface area contributed by atoms with E-state index in [-0.39, 0.29) is 0 Å². The Bertz CT molecular complexity index is 544. The molecule has 0 aliphatic rings. The van der Waals surface area contributed by atoms with Gasteiger partial charge in [0, 0.05) is 18.3 Å². The first-order chi connectivity index (χ1) is 8.52. The molecule has 0 bridgehead atoms. The number of thiazole rings is 1. The second kappa shape index (κ2) is 5.21. The maximum atomic E-state index is 5.61. The lowest BCUT2D eigenvalue weighted by Crippen LogP contribution is -2.01. The largest absolute Gasteiger partial charge is 0.325 e. The highest BCUT2D eigenvalue weighted by molar-refractivity contribution is 7.09. The number of hydrogen-bond donors (Lipinski definition) is 1. The number of hydrogen-bond acceptors (Lipinski definition) is 3. The fourth-order valence-corrected chi connectivity index (χ4v) is 3.06. The number of nitrogens with zero attached hydrogens (tertiary/aromatic N) is 1. The van der Waals surface area contributed by atoms with Crippen molar-refractivity contribution in [1.29, 1.82) is 0 Å². The summed E-state index contributed by atoms with van der Waals surface area (Å²) in [6, 6.07) is 2.27. The molecule has 0 fully saturated rings. The van der Waals surface area contributed by atoms with E-state index in [0.717, 1.165) is 17.1 Å². The summed E-state index contributed by atoms with van der Waals surface area (Å²) in [5, 5.41) is 3.22. The van der Waals surface area contributed by atoms with Crippen LogP contribution in [0.1, 0.15) is 38.5 Å². The number of aromatic nitrogens is 1. The molecule has 1 aromatic heterocycles. The molecule has 2 aromatic rings. The van der Waals surface area contributed by atoms with Gasteiger partial charge in [-0.05, 0) is 55.5 Å². The molecule has 18 heavy (non-hydrogen) atoms. The molecule has 1 aromatic carbocycles. The number of benzene rings is 1. The molecule has 0 atom stereocenters. The third-order valence-electron chi connectivity index (χ3n) is 3.66. The predicted octanol–water partition coefficient (Wildman–Crippen LogP) is 3.43. The topological polar surface area (TPSA) is 38.9 Å². The summed E-state index contributed by atoms with van der Waals surface area (Å²) in [5.41, 5.74) is 13.5. The van der Waals surface area contributed by atoms with Gasteiger partial charge in [0.05, 0.1) is 10.7 Å². The summed E-state index contributed by atoms with van der Waals surface area (Å²) in [6.45, 7) is 9.29. The number of rotatable bonds is 3. The Labute approximate surface area is 113 Å². The van der Waals surface area contributed by atoms with Crippen LogP contribution in [-0.4, -0.2) is 4.98 Å². The summed E-state index contributed by atoms with van der Waals surface area (Å²) in [5.74, 6) is 0. The van der Waals surface area contributed by atoms with Gasteiger partial charge in [-0.3, -0.25) is 0 Å². The van der Waals surface area contributed by atoms with Crippen LogP contribution < -0.4 is 5.73 Å². The lowest BCUT2D eigenvalue weighted by atomic mass is 9.92. The molecular formula is C15H20N2S. The van der Waals surface area contributed by atoms with E-state index in [1.807, 2.05) is 0 Å². The molecule has 2 rings (SSSR count). The molecule has 0 aliphatic carbocycles. The van der Waals surface area contributed by atoms with Gasteiger partial charge in [-0.1, -0.05) is 6.07 Å². The smallest absolute Gasteiger partial charge is 0.0973 e. The molecule has 0 saturated heterocycles. The average Bonchev–Trinajstić information content (AvgIpc) is 2.80. The summed E-state index contributed by atoms with van der Waals surface area (Å²) in [7, 11) is 0. The SMILES string of the molecule is Cc1cc(C)c(C)c(Cc2nc(CN)cs2)c1C. The van der Waals surface area contributed by atoms with Crippen molar-refractivity contribution in [3.8, 4) is 0 Å². The van der Waals surface area contributed by atoms with Gasteiger partial charge in [-0.2, -0.15) is 0 Å². The van der Waals surface area contributed by atoms with E-state index in [1.165, 1.54) is 27.8 Å². The van der Waals surface area contributed by atoms with Gasteiger partial charge in [0.2, 0.25) is 0 Å². The van der Waals surface area contributed by atoms with Crippen molar-refractivity contribution in [1.82, 2.24) is 4.98 Å². The second-order valence-corrected chi connectivity index (χ2v) is 5.80. The molecule has 3 heteroatoms. The summed E-state index contributed by atoms with van der Waals surface area (Å²) >= 11 is 1.71. The minimum absolute atomic E-state index is 0.529. The van der Waals surface area contributed by atoms with Crippen molar-refractivity contribution in [2.45, 2.75) is 40.7 Å². The predicted molar refractivity (Wildman–Crippen MR) is 78.2 cm³/mol. The maximum Gasteiger partial charge on any atom is 0.0973 e. The van der Waals surface area contributed by atoms with Gasteiger partial charge >= 0.3 is 0 Å². The van der Waals surface area contributed by atoms with E-state index in [9.17, 15) is 0 Å². The Kier molecular flexibility index (Phi) is 3.83. The highest BCUT2D eigenvalue weighted by Gasteiger charge is 2.11. The Hall–Kier alpha value is -1.19. The quantitative estimate of drug-likeness (QED) is 0.918. The van der Waals surface area contributed by atoms with Crippen LogP contribution in [0.4, 0.5) is 0 Å². The van der Waals surface area contributed by atoms with Gasteiger partial charge in [0.1, 0.15) is 0 Å². The summed E-state index contributed by atoms with van der Waals surface area (Å²) in [6.07, 6.45) is 0.921. The molecule has 1 heterocycles. The standard InChI is InChI=1S/C15H20N2S/c1-9-5-10(2)12(4)14(11(9)3)6-15-17-13(7-16)8-18-15/h5,8H,6-7,16H2,1-4H3. The first-order valence-electron chi connectivity index (χ1n) is 6.22. The van der Waals surface area contributed by atoms with Gasteiger partial charge in [-0.15, -0.1) is 11.3 Å². The molecular weight excluding hydrogens is 240 g/mol. The van der Waals surface area contributed by atoms with Crippen LogP contribution in [0, 0.1) is 27.7 Å². The van der Waals surface area contributed by atoms with Crippen LogP contribution in [-0.2, 0) is 13.0 Å². The van der Waals surface area contributed by atoms with E-state index >= 15 is 0 Å². The van der Waals surface area contributed by atoms with E-state index in [2.05, 4.69) is 44.1 Å². The first-order valence-corrected chi connectivity index (χ1v) is 7.10. The first kappa shape index (κ1) is 13.2. The van der Waals surface area contributed by atoms with Gasteiger partial charge in [-0.25, -0.2) is 4.98 Å². The van der Waals surface area contributed by atoms with E-state index in [1.54, 1.807) is 11.3 Å². The molecule has 96 valence electrons. The normalized spacial score (nSPS) is 10.9. The fourth-order valence-electron chi connectivity index (χ4n) is 2.24. The highest BCUT2D eigenvalue weighted by Crippen LogP contribution is 2.25. The zero-order valence-electron chi connectivity index (χ0n) is 11.5. The zero-order valence-corrected chi connectivity index (χ0v) is 12.3. The highest BCUT2D eigenvalue weighted by atomic mass is 32.1. The van der Waals surface area contributed by atoms with Crippen LogP contribution in [0.25, 0.3) is 0 Å². The van der Waals surface area contributed by atoms with E-state index in [0.29, 0.717) is 6.54 Å². The monoisotopic (exact) mass is 260 g/mol. The van der Waals surface area contributed by atoms with Crippen molar-refractivity contribution in [3.63, 3.8) is 0 Å². The zero-order chi connectivity index (χ0) is 13.3. The Morgan fingerprint density at radius 3 is 2.22 bits per heavy atom. The molecule has 2 nitrogen and oxygen atoms in total. The van der Waals surface area contributed by atoms with Crippen LogP contribution >= 0.6 is 11.3 Å². The van der Waals surface area contributed by atoms with Crippen LogP contribution in [0.3, 0.4) is 0 Å². The second-order valence-electron chi connectivity index (χ2n) is 4.85. The van der Waals surface area contributed by atoms with Gasteiger partial charge in [0.15, 0.2) is 0 Å². The molecule has 0 unspecified atom stereocenters. The van der Waals surface area contributed by atoms with Gasteiger partial charge in [0.25, 0.3) is 0 Å². The summed E-state index contributed by atoms with van der Waals surface area (Å²) < 4.78 is 0. The Balaban J connectivity index is 2.39. The van der Waals surface area contributed by atoms with Crippen molar-refractivity contribution in [3.05, 3.63) is 50.0 Å². The minimum Gasteiger partial charge on any atom is -0.325 e. The molecule has 0 amide bonds. The lowest BCUT2D eigenvalue weighted by Gasteiger charge is -2.14. The van der Waals surface area contributed by atoms with Crippen molar-refractivity contribution in [2.75, 3.05) is 0 Å². The Morgan fingerprint density at radius 2 is 1.72 bits per heavy atom. The van der Waals surface area contributed by atoms with Crippen LogP contribution in [0.2, 0.25) is 0 Å². The number of nitrogens with two attached hydrogens (primary N) is 1. The van der Waals surface area contributed by atoms with Crippen LogP contribution in [0.5, 0.6) is 0 Å². The van der Waals surface area contributed by atoms with E-state index < -0.39 is 0 Å². The van der Waals surface area contributed by atoms with Crippen molar-refractivity contribution in [2.24, 2.45) is 5.73 Å². The van der Waals surface area contributed by atoms with Crippen LogP contribution in [0.15, 0.2) is 11.4 Å². The molecule has 0 spiro atoms. The van der Waals surface area contributed by atoms with E-state index in [4.69, 9.17) is 5.73 Å². The molecule has 0 aliphatic heterocycles. The maximum absolute atomic E-state index is 5.61. The summed E-state index contributed by atoms with van der Waals surface area (Å²) in [4.78, 5) is 4.56. The number of aryl methyl sites for hydroxylation is 2. The van der Waals surface area contributed by atoms with Crippen molar-refractivity contribution < 1.29 is 0 Å². The molecule has 0 saturated carbocycles. The Morgan fingerprint density at radius 1 is 1.11 bits per heavy atom. The lowest BCUT2D eigenvalue weighted by molar-refractivity contribution is 0.974. The minimum atomic E-state index is 0.529. The average molecular weight is 260 g/mol. The third-order valence-corrected chi connectivity index (χ3v) is 4.56. The van der Waals surface area contributed by atoms with Crippen molar-refractivity contribution >= 4 is 11.3 Å².